The molecule has 0 aromatic carbocycles. The minimum Gasteiger partial charge on any atom is -0.384 e. The third-order valence-corrected chi connectivity index (χ3v) is 5.55. The zero-order valence-corrected chi connectivity index (χ0v) is 11.9. The Bertz CT molecular complexity index is 253. The van der Waals surface area contributed by atoms with Crippen LogP contribution in [-0.4, -0.2) is 26.9 Å². The van der Waals surface area contributed by atoms with Gasteiger partial charge in [0.05, 0.1) is 6.10 Å². The number of ether oxygens (including phenoxy) is 2. The van der Waals surface area contributed by atoms with Gasteiger partial charge in [0.1, 0.15) is 0 Å². The van der Waals surface area contributed by atoms with Crippen LogP contribution in [-0.2, 0) is 9.47 Å². The fourth-order valence-electron chi connectivity index (χ4n) is 4.76. The first-order chi connectivity index (χ1) is 8.13. The molecular formula is C15H28O2. The van der Waals surface area contributed by atoms with Gasteiger partial charge in [0, 0.05) is 20.8 Å². The molecular weight excluding hydrogens is 212 g/mol. The molecule has 0 aromatic heterocycles. The van der Waals surface area contributed by atoms with Crippen molar-refractivity contribution in [1.29, 1.82) is 0 Å². The average molecular weight is 240 g/mol. The SMILES string of the molecule is COCC(C)C1CCC2C(OC)CCCC12C. The van der Waals surface area contributed by atoms with Gasteiger partial charge >= 0.3 is 0 Å². The number of methoxy groups -OCH3 is 2. The smallest absolute Gasteiger partial charge is 0.0604 e. The first kappa shape index (κ1) is 13.4. The van der Waals surface area contributed by atoms with E-state index in [4.69, 9.17) is 9.47 Å². The summed E-state index contributed by atoms with van der Waals surface area (Å²) in [6, 6.07) is 0. The lowest BCUT2D eigenvalue weighted by atomic mass is 9.62. The predicted octanol–water partition coefficient (Wildman–Crippen LogP) is 3.50. The van der Waals surface area contributed by atoms with Crippen molar-refractivity contribution >= 4 is 0 Å². The molecule has 0 saturated heterocycles. The van der Waals surface area contributed by atoms with Crippen molar-refractivity contribution in [3.8, 4) is 0 Å². The highest BCUT2D eigenvalue weighted by molar-refractivity contribution is 5.01. The molecule has 2 nitrogen and oxygen atoms in total. The maximum atomic E-state index is 5.73. The molecule has 2 fully saturated rings. The Balaban J connectivity index is 2.12. The third-order valence-electron chi connectivity index (χ3n) is 5.55. The summed E-state index contributed by atoms with van der Waals surface area (Å²) in [6.45, 7) is 5.77. The Hall–Kier alpha value is -0.0800. The molecule has 100 valence electrons. The number of rotatable bonds is 4. The molecule has 0 bridgehead atoms. The summed E-state index contributed by atoms with van der Waals surface area (Å²) in [5, 5.41) is 0. The summed E-state index contributed by atoms with van der Waals surface area (Å²) < 4.78 is 11.1. The lowest BCUT2D eigenvalue weighted by Gasteiger charge is -2.46. The fourth-order valence-corrected chi connectivity index (χ4v) is 4.76. The van der Waals surface area contributed by atoms with Gasteiger partial charge in [-0.25, -0.2) is 0 Å². The zero-order valence-electron chi connectivity index (χ0n) is 11.9. The van der Waals surface area contributed by atoms with Crippen molar-refractivity contribution in [2.45, 2.75) is 52.1 Å². The predicted molar refractivity (Wildman–Crippen MR) is 70.0 cm³/mol. The molecule has 0 N–H and O–H groups in total. The highest BCUT2D eigenvalue weighted by Gasteiger charge is 2.52. The summed E-state index contributed by atoms with van der Waals surface area (Å²) in [6.07, 6.45) is 7.22. The van der Waals surface area contributed by atoms with Gasteiger partial charge in [-0.05, 0) is 48.9 Å². The van der Waals surface area contributed by atoms with E-state index in [-0.39, 0.29) is 0 Å². The lowest BCUT2D eigenvalue weighted by molar-refractivity contribution is -0.0546. The molecule has 2 heteroatoms. The highest BCUT2D eigenvalue weighted by Crippen LogP contribution is 2.58. The zero-order chi connectivity index (χ0) is 12.5. The van der Waals surface area contributed by atoms with E-state index in [0.29, 0.717) is 17.4 Å². The third kappa shape index (κ3) is 2.26. The van der Waals surface area contributed by atoms with Crippen molar-refractivity contribution in [3.05, 3.63) is 0 Å². The maximum absolute atomic E-state index is 5.73. The van der Waals surface area contributed by atoms with Crippen LogP contribution in [0, 0.1) is 23.2 Å². The Morgan fingerprint density at radius 3 is 2.65 bits per heavy atom. The van der Waals surface area contributed by atoms with Crippen LogP contribution < -0.4 is 0 Å². The topological polar surface area (TPSA) is 18.5 Å². The summed E-state index contributed by atoms with van der Waals surface area (Å²) in [5.41, 5.74) is 0.497. The normalized spacial score (nSPS) is 43.4. The number of hydrogen-bond acceptors (Lipinski definition) is 2. The van der Waals surface area contributed by atoms with Gasteiger partial charge in [0.25, 0.3) is 0 Å². The minimum absolute atomic E-state index is 0.497. The molecule has 5 unspecified atom stereocenters. The molecule has 0 heterocycles. The Labute approximate surface area is 106 Å². The van der Waals surface area contributed by atoms with Gasteiger partial charge in [-0.3, -0.25) is 0 Å². The monoisotopic (exact) mass is 240 g/mol. The van der Waals surface area contributed by atoms with Crippen LogP contribution in [0.5, 0.6) is 0 Å². The van der Waals surface area contributed by atoms with Gasteiger partial charge in [0.15, 0.2) is 0 Å². The lowest BCUT2D eigenvalue weighted by Crippen LogP contribution is -2.42. The molecule has 0 amide bonds. The molecule has 17 heavy (non-hydrogen) atoms. The Kier molecular flexibility index (Phi) is 4.14. The standard InChI is InChI=1S/C15H28O2/c1-11(10-16-3)12-7-8-13-14(17-4)6-5-9-15(12,13)2/h11-14H,5-10H2,1-4H3. The summed E-state index contributed by atoms with van der Waals surface area (Å²) in [5.74, 6) is 2.29. The molecule has 5 atom stereocenters. The van der Waals surface area contributed by atoms with E-state index < -0.39 is 0 Å². The second-order valence-corrected chi connectivity index (χ2v) is 6.40. The van der Waals surface area contributed by atoms with Crippen LogP contribution in [0.15, 0.2) is 0 Å². The van der Waals surface area contributed by atoms with Crippen molar-refractivity contribution in [1.82, 2.24) is 0 Å². The molecule has 0 radical (unpaired) electrons. The Morgan fingerprint density at radius 2 is 2.00 bits per heavy atom. The van der Waals surface area contributed by atoms with Crippen molar-refractivity contribution in [3.63, 3.8) is 0 Å². The van der Waals surface area contributed by atoms with Crippen LogP contribution in [0.1, 0.15) is 46.0 Å². The highest BCUT2D eigenvalue weighted by atomic mass is 16.5. The van der Waals surface area contributed by atoms with Crippen LogP contribution >= 0.6 is 0 Å². The molecule has 2 aliphatic rings. The quantitative estimate of drug-likeness (QED) is 0.749. The van der Waals surface area contributed by atoms with E-state index in [2.05, 4.69) is 13.8 Å². The van der Waals surface area contributed by atoms with E-state index in [9.17, 15) is 0 Å². The molecule has 2 aliphatic carbocycles. The van der Waals surface area contributed by atoms with Gasteiger partial charge in [-0.2, -0.15) is 0 Å². The van der Waals surface area contributed by atoms with Gasteiger partial charge in [-0.15, -0.1) is 0 Å². The van der Waals surface area contributed by atoms with E-state index in [0.717, 1.165) is 18.4 Å². The van der Waals surface area contributed by atoms with Crippen molar-refractivity contribution in [2.75, 3.05) is 20.8 Å². The molecule has 2 saturated carbocycles. The van der Waals surface area contributed by atoms with Gasteiger partial charge in [-0.1, -0.05) is 20.3 Å². The molecule has 2 rings (SSSR count). The van der Waals surface area contributed by atoms with Gasteiger partial charge < -0.3 is 9.47 Å². The second kappa shape index (κ2) is 5.27. The van der Waals surface area contributed by atoms with Crippen LogP contribution in [0.4, 0.5) is 0 Å². The minimum atomic E-state index is 0.497. The average Bonchev–Trinajstić information content (AvgIpc) is 2.66. The summed E-state index contributed by atoms with van der Waals surface area (Å²) >= 11 is 0. The fraction of sp³-hybridized carbons (Fsp3) is 1.00. The maximum Gasteiger partial charge on any atom is 0.0604 e. The van der Waals surface area contributed by atoms with E-state index in [1.807, 2.05) is 14.2 Å². The van der Waals surface area contributed by atoms with Crippen LogP contribution in [0.2, 0.25) is 0 Å². The second-order valence-electron chi connectivity index (χ2n) is 6.40. The van der Waals surface area contributed by atoms with Crippen LogP contribution in [0.3, 0.4) is 0 Å². The van der Waals surface area contributed by atoms with E-state index in [1.54, 1.807) is 0 Å². The number of hydrogen-bond donors (Lipinski definition) is 0. The van der Waals surface area contributed by atoms with Crippen molar-refractivity contribution in [2.24, 2.45) is 23.2 Å². The van der Waals surface area contributed by atoms with Gasteiger partial charge in [0.2, 0.25) is 0 Å². The first-order valence-corrected chi connectivity index (χ1v) is 7.15. The van der Waals surface area contributed by atoms with E-state index >= 15 is 0 Å². The molecule has 0 spiro atoms. The van der Waals surface area contributed by atoms with E-state index in [1.165, 1.54) is 32.1 Å². The van der Waals surface area contributed by atoms with Crippen molar-refractivity contribution < 1.29 is 9.47 Å². The van der Waals surface area contributed by atoms with Crippen LogP contribution in [0.25, 0.3) is 0 Å². The Morgan fingerprint density at radius 1 is 1.24 bits per heavy atom. The molecule has 0 aromatic rings. The summed E-state index contributed by atoms with van der Waals surface area (Å²) in [7, 11) is 3.71. The summed E-state index contributed by atoms with van der Waals surface area (Å²) in [4.78, 5) is 0. The molecule has 0 aliphatic heterocycles. The largest absolute Gasteiger partial charge is 0.384 e. The number of fused-ring (bicyclic) bond motifs is 1. The first-order valence-electron chi connectivity index (χ1n) is 7.15.